The molecule has 0 aromatic carbocycles. The molecule has 1 heterocycles. The van der Waals surface area contributed by atoms with Crippen molar-refractivity contribution in [3.63, 3.8) is 0 Å². The van der Waals surface area contributed by atoms with Gasteiger partial charge in [0, 0.05) is 38.3 Å². The van der Waals surface area contributed by atoms with Crippen LogP contribution in [-0.2, 0) is 0 Å². The second kappa shape index (κ2) is 5.25. The van der Waals surface area contributed by atoms with Crippen LogP contribution in [0.1, 0.15) is 38.5 Å². The number of rotatable bonds is 4. The van der Waals surface area contributed by atoms with Gasteiger partial charge in [-0.05, 0) is 44.6 Å². The quantitative estimate of drug-likeness (QED) is 0.799. The van der Waals surface area contributed by atoms with Crippen LogP contribution in [-0.4, -0.2) is 54.6 Å². The van der Waals surface area contributed by atoms with E-state index in [0.717, 1.165) is 12.0 Å². The predicted molar refractivity (Wildman–Crippen MR) is 71.0 cm³/mol. The first-order valence-electron chi connectivity index (χ1n) is 7.55. The van der Waals surface area contributed by atoms with E-state index in [4.69, 9.17) is 5.73 Å². The average molecular weight is 237 g/mol. The van der Waals surface area contributed by atoms with Gasteiger partial charge in [-0.3, -0.25) is 4.90 Å². The average Bonchev–Trinajstić information content (AvgIpc) is 3.12. The Morgan fingerprint density at radius 1 is 0.941 bits per heavy atom. The summed E-state index contributed by atoms with van der Waals surface area (Å²) in [5.41, 5.74) is 6.14. The summed E-state index contributed by atoms with van der Waals surface area (Å²) in [7, 11) is 0. The van der Waals surface area contributed by atoms with Crippen molar-refractivity contribution < 1.29 is 0 Å². The molecule has 0 bridgehead atoms. The van der Waals surface area contributed by atoms with Crippen molar-refractivity contribution in [3.8, 4) is 0 Å². The first-order valence-corrected chi connectivity index (χ1v) is 7.55. The summed E-state index contributed by atoms with van der Waals surface area (Å²) in [6.45, 7) is 6.48. The van der Waals surface area contributed by atoms with Crippen LogP contribution in [0.2, 0.25) is 0 Å². The number of hydrogen-bond donors (Lipinski definition) is 1. The minimum absolute atomic E-state index is 0.503. The fourth-order valence-electron chi connectivity index (χ4n) is 3.56. The van der Waals surface area contributed by atoms with Crippen LogP contribution < -0.4 is 5.73 Å². The van der Waals surface area contributed by atoms with Crippen molar-refractivity contribution in [3.05, 3.63) is 0 Å². The zero-order valence-electron chi connectivity index (χ0n) is 11.0. The lowest BCUT2D eigenvalue weighted by atomic mass is 10.00. The molecule has 1 aliphatic heterocycles. The Morgan fingerprint density at radius 2 is 1.71 bits per heavy atom. The van der Waals surface area contributed by atoms with Gasteiger partial charge < -0.3 is 10.6 Å². The molecule has 0 amide bonds. The summed E-state index contributed by atoms with van der Waals surface area (Å²) in [6, 6.07) is 1.46. The molecular formula is C14H27N3. The van der Waals surface area contributed by atoms with Crippen molar-refractivity contribution in [2.24, 2.45) is 11.7 Å². The second-order valence-electron chi connectivity index (χ2n) is 6.25. The molecule has 3 aliphatic rings. The third-order valence-electron chi connectivity index (χ3n) is 5.00. The maximum Gasteiger partial charge on any atom is 0.0113 e. The lowest BCUT2D eigenvalue weighted by Gasteiger charge is -2.35. The summed E-state index contributed by atoms with van der Waals surface area (Å²) in [6.07, 6.45) is 8.25. The van der Waals surface area contributed by atoms with Crippen molar-refractivity contribution >= 4 is 0 Å². The van der Waals surface area contributed by atoms with Crippen molar-refractivity contribution in [1.29, 1.82) is 0 Å². The molecular weight excluding hydrogens is 210 g/mol. The van der Waals surface area contributed by atoms with Gasteiger partial charge in [-0.2, -0.15) is 0 Å². The van der Waals surface area contributed by atoms with Gasteiger partial charge in [0.25, 0.3) is 0 Å². The third kappa shape index (κ3) is 3.01. The van der Waals surface area contributed by atoms with Crippen LogP contribution in [0, 0.1) is 5.92 Å². The molecule has 2 N–H and O–H groups in total. The molecule has 0 radical (unpaired) electrons. The highest BCUT2D eigenvalue weighted by Crippen LogP contribution is 2.29. The smallest absolute Gasteiger partial charge is 0.0113 e. The Kier molecular flexibility index (Phi) is 3.69. The predicted octanol–water partition coefficient (Wildman–Crippen LogP) is 1.28. The Morgan fingerprint density at radius 3 is 2.29 bits per heavy atom. The van der Waals surface area contributed by atoms with Crippen LogP contribution in [0.5, 0.6) is 0 Å². The molecule has 17 heavy (non-hydrogen) atoms. The highest BCUT2D eigenvalue weighted by molar-refractivity contribution is 4.88. The van der Waals surface area contributed by atoms with Crippen molar-refractivity contribution in [2.45, 2.75) is 50.6 Å². The van der Waals surface area contributed by atoms with E-state index in [-0.39, 0.29) is 0 Å². The lowest BCUT2D eigenvalue weighted by Crippen LogP contribution is -2.47. The molecule has 2 unspecified atom stereocenters. The summed E-state index contributed by atoms with van der Waals surface area (Å²) in [5, 5.41) is 0. The van der Waals surface area contributed by atoms with Gasteiger partial charge in [0.05, 0.1) is 0 Å². The van der Waals surface area contributed by atoms with Crippen molar-refractivity contribution in [2.75, 3.05) is 32.7 Å². The van der Waals surface area contributed by atoms with E-state index in [0.29, 0.717) is 6.04 Å². The molecule has 2 saturated carbocycles. The summed E-state index contributed by atoms with van der Waals surface area (Å²) in [5.74, 6) is 0.816. The SMILES string of the molecule is NC1CCCC1CCN1CCN(C2CC2)CC1. The van der Waals surface area contributed by atoms with Gasteiger partial charge in [0.15, 0.2) is 0 Å². The number of hydrogen-bond acceptors (Lipinski definition) is 3. The van der Waals surface area contributed by atoms with E-state index in [2.05, 4.69) is 9.80 Å². The van der Waals surface area contributed by atoms with E-state index in [1.54, 1.807) is 0 Å². The molecule has 3 fully saturated rings. The van der Waals surface area contributed by atoms with Gasteiger partial charge in [0.1, 0.15) is 0 Å². The fourth-order valence-corrected chi connectivity index (χ4v) is 3.56. The third-order valence-corrected chi connectivity index (χ3v) is 5.00. The molecule has 0 aromatic heterocycles. The Balaban J connectivity index is 1.35. The van der Waals surface area contributed by atoms with E-state index in [1.807, 2.05) is 0 Å². The highest BCUT2D eigenvalue weighted by atomic mass is 15.3. The van der Waals surface area contributed by atoms with Crippen LogP contribution in [0.25, 0.3) is 0 Å². The summed E-state index contributed by atoms with van der Waals surface area (Å²) in [4.78, 5) is 5.35. The van der Waals surface area contributed by atoms with Crippen LogP contribution in [0.4, 0.5) is 0 Å². The Bertz CT molecular complexity index is 244. The molecule has 2 aliphatic carbocycles. The van der Waals surface area contributed by atoms with Crippen LogP contribution >= 0.6 is 0 Å². The molecule has 0 spiro atoms. The standard InChI is InChI=1S/C14H27N3/c15-14-3-1-2-12(14)6-7-16-8-10-17(11-9-16)13-4-5-13/h12-14H,1-11,15H2. The Hall–Kier alpha value is -0.120. The topological polar surface area (TPSA) is 32.5 Å². The molecule has 3 nitrogen and oxygen atoms in total. The van der Waals surface area contributed by atoms with Gasteiger partial charge in [-0.15, -0.1) is 0 Å². The second-order valence-corrected chi connectivity index (χ2v) is 6.25. The van der Waals surface area contributed by atoms with Gasteiger partial charge in [-0.25, -0.2) is 0 Å². The molecule has 0 aromatic rings. The minimum Gasteiger partial charge on any atom is -0.327 e. The maximum atomic E-state index is 6.14. The molecule has 3 rings (SSSR count). The Labute approximate surface area is 105 Å². The van der Waals surface area contributed by atoms with Crippen LogP contribution in [0.15, 0.2) is 0 Å². The first kappa shape index (κ1) is 11.9. The maximum absolute atomic E-state index is 6.14. The number of piperazine rings is 1. The molecule has 98 valence electrons. The number of nitrogens with two attached hydrogens (primary N) is 1. The van der Waals surface area contributed by atoms with Gasteiger partial charge in [0.2, 0.25) is 0 Å². The summed E-state index contributed by atoms with van der Waals surface area (Å²) >= 11 is 0. The molecule has 1 saturated heterocycles. The zero-order valence-corrected chi connectivity index (χ0v) is 11.0. The first-order chi connectivity index (χ1) is 8.33. The zero-order chi connectivity index (χ0) is 11.7. The minimum atomic E-state index is 0.503. The number of nitrogens with zero attached hydrogens (tertiary/aromatic N) is 2. The van der Waals surface area contributed by atoms with Gasteiger partial charge >= 0.3 is 0 Å². The van der Waals surface area contributed by atoms with E-state index in [1.165, 1.54) is 71.2 Å². The fraction of sp³-hybridized carbons (Fsp3) is 1.00. The highest BCUT2D eigenvalue weighted by Gasteiger charge is 2.31. The lowest BCUT2D eigenvalue weighted by molar-refractivity contribution is 0.120. The molecule has 2 atom stereocenters. The molecule has 3 heteroatoms. The van der Waals surface area contributed by atoms with E-state index >= 15 is 0 Å². The monoisotopic (exact) mass is 237 g/mol. The van der Waals surface area contributed by atoms with Crippen LogP contribution in [0.3, 0.4) is 0 Å². The largest absolute Gasteiger partial charge is 0.327 e. The van der Waals surface area contributed by atoms with E-state index < -0.39 is 0 Å². The summed E-state index contributed by atoms with van der Waals surface area (Å²) < 4.78 is 0. The van der Waals surface area contributed by atoms with Gasteiger partial charge in [-0.1, -0.05) is 6.42 Å². The van der Waals surface area contributed by atoms with Crippen molar-refractivity contribution in [1.82, 2.24) is 9.80 Å². The van der Waals surface area contributed by atoms with E-state index in [9.17, 15) is 0 Å². The normalized spacial score (nSPS) is 36.5.